The molecule has 47 heavy (non-hydrogen) atoms. The number of aromatic hydroxyl groups is 1. The number of phosphoric ester groups is 1. The molecule has 0 amide bonds. The van der Waals surface area contributed by atoms with Crippen molar-refractivity contribution >= 4 is 41.8 Å². The van der Waals surface area contributed by atoms with Crippen molar-refractivity contribution in [1.82, 2.24) is 10.6 Å². The van der Waals surface area contributed by atoms with Crippen LogP contribution in [0.5, 0.6) is 11.5 Å². The van der Waals surface area contributed by atoms with Gasteiger partial charge in [-0.3, -0.25) is 9.05 Å². The maximum atomic E-state index is 11.0. The van der Waals surface area contributed by atoms with Crippen LogP contribution in [-0.4, -0.2) is 72.0 Å². The topological polar surface area (TPSA) is 159 Å². The van der Waals surface area contributed by atoms with Gasteiger partial charge in [-0.2, -0.15) is 0 Å². The van der Waals surface area contributed by atoms with Crippen molar-refractivity contribution in [3.63, 3.8) is 0 Å². The molecule has 0 fully saturated rings. The molecule has 0 aliphatic carbocycles. The molecule has 2 atom stereocenters. The van der Waals surface area contributed by atoms with Crippen molar-refractivity contribution < 1.29 is 43.3 Å². The van der Waals surface area contributed by atoms with Gasteiger partial charge >= 0.3 is 7.82 Å². The number of halogens is 2. The van der Waals surface area contributed by atoms with E-state index in [1.807, 2.05) is 51.1 Å². The predicted molar refractivity (Wildman–Crippen MR) is 188 cm³/mol. The van der Waals surface area contributed by atoms with Crippen LogP contribution in [0.1, 0.15) is 51.8 Å². The predicted octanol–water partition coefficient (Wildman–Crippen LogP) is 6.56. The Labute approximate surface area is 288 Å². The van der Waals surface area contributed by atoms with Crippen molar-refractivity contribution in [2.75, 3.05) is 33.9 Å². The Morgan fingerprint density at radius 2 is 1.62 bits per heavy atom. The molecule has 3 aromatic rings. The van der Waals surface area contributed by atoms with Gasteiger partial charge in [-0.05, 0) is 49.9 Å². The number of β-amino-alcohol motifs (C(OH)–C–C–N with tert-alkyl or cyclic N) is 1. The number of nitrogens with one attached hydrogen (secondary N) is 2. The lowest BCUT2D eigenvalue weighted by Crippen LogP contribution is -2.38. The Hall–Kier alpha value is -2.41. The molecule has 0 heterocycles. The summed E-state index contributed by atoms with van der Waals surface area (Å²) in [5.41, 5.74) is 1.05. The summed E-state index contributed by atoms with van der Waals surface area (Å²) in [6.45, 7) is 11.2. The quantitative estimate of drug-likeness (QED) is 0.0791. The molecule has 0 saturated carbocycles. The first kappa shape index (κ1) is 42.6. The molecular weight excluding hydrogens is 670 g/mol. The first-order valence-corrected chi connectivity index (χ1v) is 17.0. The number of aliphatic hydroxyl groups is 3. The molecule has 0 spiro atoms. The molecular formula is C33H49Cl2N2O9P. The zero-order chi connectivity index (χ0) is 35.6. The summed E-state index contributed by atoms with van der Waals surface area (Å²) < 4.78 is 29.8. The molecule has 0 aromatic heterocycles. The minimum atomic E-state index is -3.48. The van der Waals surface area contributed by atoms with Gasteiger partial charge in [0.1, 0.15) is 35.0 Å². The maximum Gasteiger partial charge on any atom is 0.529 e. The molecule has 0 aliphatic rings. The largest absolute Gasteiger partial charge is 0.529 e. The number of hydrogen-bond donors (Lipinski definition) is 6. The molecule has 0 radical (unpaired) electrons. The summed E-state index contributed by atoms with van der Waals surface area (Å²) in [6, 6.07) is 19.2. The zero-order valence-corrected chi connectivity index (χ0v) is 30.4. The highest BCUT2D eigenvalue weighted by atomic mass is 35.5. The number of fused-ring (bicyclic) bond motifs is 1. The summed E-state index contributed by atoms with van der Waals surface area (Å²) in [6.07, 6.45) is -0.279. The molecule has 11 nitrogen and oxygen atoms in total. The van der Waals surface area contributed by atoms with Crippen molar-refractivity contribution in [3.8, 4) is 11.5 Å². The maximum absolute atomic E-state index is 11.0. The van der Waals surface area contributed by atoms with Gasteiger partial charge in [0.05, 0.1) is 12.7 Å². The van der Waals surface area contributed by atoms with Gasteiger partial charge < -0.3 is 40.3 Å². The van der Waals surface area contributed by atoms with Crippen molar-refractivity contribution in [2.45, 2.75) is 65.0 Å². The van der Waals surface area contributed by atoms with Crippen molar-refractivity contribution in [1.29, 1.82) is 0 Å². The molecule has 6 N–H and O–H groups in total. The van der Waals surface area contributed by atoms with Gasteiger partial charge in [-0.25, -0.2) is 4.57 Å². The molecule has 264 valence electrons. The molecule has 3 rings (SSSR count). The Balaban J connectivity index is 0.000000366. The fourth-order valence-electron chi connectivity index (χ4n) is 3.66. The van der Waals surface area contributed by atoms with Gasteiger partial charge in [0, 0.05) is 49.8 Å². The van der Waals surface area contributed by atoms with E-state index in [2.05, 4.69) is 50.2 Å². The van der Waals surface area contributed by atoms with Crippen LogP contribution in [0.25, 0.3) is 10.8 Å². The highest BCUT2D eigenvalue weighted by Gasteiger charge is 2.22. The van der Waals surface area contributed by atoms with Gasteiger partial charge in [0.2, 0.25) is 0 Å². The second-order valence-electron chi connectivity index (χ2n) is 11.5. The van der Waals surface area contributed by atoms with Crippen molar-refractivity contribution in [2.24, 2.45) is 0 Å². The first-order valence-electron chi connectivity index (χ1n) is 14.8. The number of rotatable bonds is 14. The van der Waals surface area contributed by atoms with E-state index >= 15 is 0 Å². The summed E-state index contributed by atoms with van der Waals surface area (Å²) in [7, 11) is -1.12. The third-order valence-electron chi connectivity index (χ3n) is 6.15. The van der Waals surface area contributed by atoms with Crippen LogP contribution in [0.3, 0.4) is 0 Å². The Bertz CT molecular complexity index is 1400. The summed E-state index contributed by atoms with van der Waals surface area (Å²) in [5, 5.41) is 46.9. The molecule has 0 bridgehead atoms. The smallest absolute Gasteiger partial charge is 0.508 e. The van der Waals surface area contributed by atoms with E-state index in [0.29, 0.717) is 36.9 Å². The van der Waals surface area contributed by atoms with E-state index in [4.69, 9.17) is 33.0 Å². The van der Waals surface area contributed by atoms with Crippen molar-refractivity contribution in [3.05, 3.63) is 82.5 Å². The van der Waals surface area contributed by atoms with Gasteiger partial charge in [-0.1, -0.05) is 79.5 Å². The lowest BCUT2D eigenvalue weighted by atomic mass is 10.0. The highest BCUT2D eigenvalue weighted by molar-refractivity contribution is 7.48. The minimum Gasteiger partial charge on any atom is -0.508 e. The zero-order valence-electron chi connectivity index (χ0n) is 27.9. The van der Waals surface area contributed by atoms with Crippen LogP contribution < -0.4 is 15.4 Å². The number of aliphatic hydroxyl groups excluding tert-OH is 3. The van der Waals surface area contributed by atoms with Crippen LogP contribution in [-0.2, 0) is 24.7 Å². The third-order valence-corrected chi connectivity index (χ3v) is 7.58. The van der Waals surface area contributed by atoms with E-state index < -0.39 is 20.0 Å². The minimum absolute atomic E-state index is 0.0484. The average Bonchev–Trinajstić information content (AvgIpc) is 3.04. The Morgan fingerprint density at radius 3 is 2.19 bits per heavy atom. The second kappa shape index (κ2) is 21.5. The van der Waals surface area contributed by atoms with E-state index in [1.54, 1.807) is 12.1 Å². The van der Waals surface area contributed by atoms with Crippen LogP contribution in [0, 0.1) is 0 Å². The lowest BCUT2D eigenvalue weighted by Gasteiger charge is -2.23. The lowest BCUT2D eigenvalue weighted by molar-refractivity contribution is 0.105. The SMILES string of the molecule is CC(C)(C)NCC(O)c1ccc(O)c(CO)c1.CC(C)NCC(O)COc1cccc2ccccc12.COP(=O)(OC)OC=C(Cl)Cl. The average molecular weight is 720 g/mol. The van der Waals surface area contributed by atoms with Crippen LogP contribution in [0.15, 0.2) is 71.4 Å². The van der Waals surface area contributed by atoms with Gasteiger partial charge in [0.15, 0.2) is 0 Å². The fraction of sp³-hybridized carbons (Fsp3) is 0.455. The normalized spacial score (nSPS) is 12.7. The van der Waals surface area contributed by atoms with E-state index in [-0.39, 0.29) is 22.4 Å². The van der Waals surface area contributed by atoms with E-state index in [0.717, 1.165) is 22.8 Å². The summed E-state index contributed by atoms with van der Waals surface area (Å²) >= 11 is 10.3. The number of benzene rings is 3. The molecule has 3 aromatic carbocycles. The summed E-state index contributed by atoms with van der Waals surface area (Å²) in [5.74, 6) is 0.869. The Kier molecular flexibility index (Phi) is 19.5. The fourth-order valence-corrected chi connectivity index (χ4v) is 4.43. The highest BCUT2D eigenvalue weighted by Crippen LogP contribution is 2.48. The van der Waals surface area contributed by atoms with Crippen LogP contribution >= 0.6 is 31.0 Å². The van der Waals surface area contributed by atoms with E-state index in [9.17, 15) is 19.9 Å². The first-order chi connectivity index (χ1) is 22.0. The van der Waals surface area contributed by atoms with E-state index in [1.165, 1.54) is 20.3 Å². The standard InChI is InChI=1S/C16H21NO2.C13H21NO3.C4H7Cl2O4P/c1-12(2)17-10-14(18)11-19-16-9-5-7-13-6-3-4-8-15(13)16;1-13(2,3)14-7-12(17)9-4-5-11(16)10(6-9)8-15;1-8-11(7,9-2)10-3-4(5)6/h3-9,12,14,17-18H,10-11H2,1-2H3;4-6,12,14-17H,7-8H2,1-3H3;3H,1-2H3. The summed E-state index contributed by atoms with van der Waals surface area (Å²) in [4.78, 5) is 0. The molecule has 0 aliphatic heterocycles. The number of hydrogen-bond acceptors (Lipinski definition) is 11. The molecule has 2 unspecified atom stereocenters. The van der Waals surface area contributed by atoms with Gasteiger partial charge in [0.25, 0.3) is 0 Å². The van der Waals surface area contributed by atoms with Gasteiger partial charge in [-0.15, -0.1) is 0 Å². The molecule has 14 heteroatoms. The number of ether oxygens (including phenoxy) is 1. The monoisotopic (exact) mass is 718 g/mol. The Morgan fingerprint density at radius 1 is 0.979 bits per heavy atom. The van der Waals surface area contributed by atoms with Crippen LogP contribution in [0.4, 0.5) is 0 Å². The van der Waals surface area contributed by atoms with Crippen LogP contribution in [0.2, 0.25) is 0 Å². The third kappa shape index (κ3) is 17.5. The number of phosphoric acid groups is 1. The molecule has 0 saturated heterocycles. The second-order valence-corrected chi connectivity index (χ2v) is 14.4. The number of phenols is 1.